The van der Waals surface area contributed by atoms with E-state index >= 15 is 0 Å². The molecule has 1 unspecified atom stereocenters. The van der Waals surface area contributed by atoms with Gasteiger partial charge in [-0.1, -0.05) is 6.07 Å². The average Bonchev–Trinajstić information content (AvgIpc) is 3.42. The molecule has 2 saturated heterocycles. The van der Waals surface area contributed by atoms with Crippen LogP contribution in [0.25, 0.3) is 10.8 Å². The van der Waals surface area contributed by atoms with Gasteiger partial charge in [-0.3, -0.25) is 29.6 Å². The molecular weight excluding hydrogens is 463 g/mol. The van der Waals surface area contributed by atoms with Crippen LogP contribution in [-0.2, 0) is 22.7 Å². The van der Waals surface area contributed by atoms with Crippen molar-refractivity contribution in [2.75, 3.05) is 13.1 Å². The number of benzene rings is 2. The number of hydrogen-bond donors (Lipinski definition) is 1. The van der Waals surface area contributed by atoms with Gasteiger partial charge in [-0.05, 0) is 60.2 Å². The van der Waals surface area contributed by atoms with Gasteiger partial charge in [0.05, 0.1) is 5.69 Å². The van der Waals surface area contributed by atoms with Crippen molar-refractivity contribution in [1.82, 2.24) is 20.1 Å². The maximum Gasteiger partial charge on any atom is 0.255 e. The number of carbonyl (C=O) groups excluding carboxylic acids is 3. The molecule has 4 heterocycles. The number of piperidine rings is 1. The molecule has 2 fully saturated rings. The van der Waals surface area contributed by atoms with E-state index in [1.165, 1.54) is 12.1 Å². The maximum atomic E-state index is 13.4. The van der Waals surface area contributed by atoms with Gasteiger partial charge in [-0.15, -0.1) is 0 Å². The molecule has 1 aromatic heterocycles. The molecule has 2 aromatic carbocycles. The van der Waals surface area contributed by atoms with Crippen molar-refractivity contribution in [2.24, 2.45) is 0 Å². The molecule has 1 N–H and O–H groups in total. The molecule has 0 spiro atoms. The number of nitrogens with zero attached hydrogens (tertiary/aromatic N) is 3. The Hall–Kier alpha value is -3.85. The fourth-order valence-electron chi connectivity index (χ4n) is 5.33. The van der Waals surface area contributed by atoms with Crippen LogP contribution in [0.4, 0.5) is 4.39 Å². The fourth-order valence-corrected chi connectivity index (χ4v) is 5.33. The molecule has 6 rings (SSSR count). The second-order valence-corrected chi connectivity index (χ2v) is 9.65. The van der Waals surface area contributed by atoms with Crippen molar-refractivity contribution in [3.63, 3.8) is 0 Å². The van der Waals surface area contributed by atoms with Gasteiger partial charge in [-0.25, -0.2) is 4.39 Å². The molecule has 0 saturated carbocycles. The van der Waals surface area contributed by atoms with E-state index in [-0.39, 0.29) is 30.2 Å². The predicted octanol–water partition coefficient (Wildman–Crippen LogP) is 2.79. The Bertz CT molecular complexity index is 1390. The summed E-state index contributed by atoms with van der Waals surface area (Å²) in [5.74, 6) is -0.472. The SMILES string of the molecule is O=C1CCC(N2Cc3cc(O[C@H]4CCN(Cc5cc6ccc(F)cc6cn5)C4)ccc3C2=O)C(=O)N1. The summed E-state index contributed by atoms with van der Waals surface area (Å²) in [6, 6.07) is 11.5. The van der Waals surface area contributed by atoms with Crippen LogP contribution in [0.15, 0.2) is 48.7 Å². The van der Waals surface area contributed by atoms with Crippen molar-refractivity contribution in [1.29, 1.82) is 0 Å². The Morgan fingerprint density at radius 1 is 1.06 bits per heavy atom. The van der Waals surface area contributed by atoms with E-state index in [4.69, 9.17) is 4.74 Å². The standard InChI is InChI=1S/C27H25FN4O4/c28-19-2-1-16-10-20(29-12-17(16)9-19)14-31-8-7-22(15-31)36-21-3-4-23-18(11-21)13-32(27(23)35)24-5-6-25(33)30-26(24)34/h1-4,9-12,22,24H,5-8,13-15H2,(H,30,33,34)/t22-,24?/m0/s1. The fraction of sp³-hybridized carbons (Fsp3) is 0.333. The van der Waals surface area contributed by atoms with Gasteiger partial charge in [0.1, 0.15) is 23.7 Å². The van der Waals surface area contributed by atoms with Gasteiger partial charge in [0, 0.05) is 49.7 Å². The number of carbonyl (C=O) groups is 3. The minimum atomic E-state index is -0.627. The molecule has 3 amide bonds. The summed E-state index contributed by atoms with van der Waals surface area (Å²) < 4.78 is 19.7. The zero-order chi connectivity index (χ0) is 24.8. The van der Waals surface area contributed by atoms with E-state index in [0.717, 1.165) is 41.5 Å². The van der Waals surface area contributed by atoms with Crippen molar-refractivity contribution in [3.8, 4) is 5.75 Å². The van der Waals surface area contributed by atoms with Gasteiger partial charge in [0.15, 0.2) is 0 Å². The van der Waals surface area contributed by atoms with E-state index in [9.17, 15) is 18.8 Å². The third-order valence-electron chi connectivity index (χ3n) is 7.15. The smallest absolute Gasteiger partial charge is 0.255 e. The number of pyridine rings is 1. The molecule has 3 aliphatic rings. The lowest BCUT2D eigenvalue weighted by molar-refractivity contribution is -0.136. The lowest BCUT2D eigenvalue weighted by atomic mass is 10.0. The van der Waals surface area contributed by atoms with Gasteiger partial charge in [-0.2, -0.15) is 0 Å². The summed E-state index contributed by atoms with van der Waals surface area (Å²) in [5.41, 5.74) is 2.33. The first kappa shape index (κ1) is 22.6. The first-order chi connectivity index (χ1) is 17.4. The third kappa shape index (κ3) is 4.30. The normalized spacial score (nSPS) is 22.2. The van der Waals surface area contributed by atoms with E-state index < -0.39 is 11.9 Å². The van der Waals surface area contributed by atoms with Gasteiger partial charge in [0.25, 0.3) is 5.91 Å². The van der Waals surface area contributed by atoms with Crippen LogP contribution >= 0.6 is 0 Å². The van der Waals surface area contributed by atoms with Crippen molar-refractivity contribution in [2.45, 2.75) is 44.5 Å². The number of hydrogen-bond acceptors (Lipinski definition) is 6. The predicted molar refractivity (Wildman–Crippen MR) is 128 cm³/mol. The zero-order valence-corrected chi connectivity index (χ0v) is 19.6. The lowest BCUT2D eigenvalue weighted by Gasteiger charge is -2.29. The molecule has 36 heavy (non-hydrogen) atoms. The second-order valence-electron chi connectivity index (χ2n) is 9.65. The van der Waals surface area contributed by atoms with E-state index in [1.807, 2.05) is 12.1 Å². The van der Waals surface area contributed by atoms with E-state index in [1.54, 1.807) is 29.3 Å². The van der Waals surface area contributed by atoms with Crippen molar-refractivity contribution in [3.05, 3.63) is 71.3 Å². The number of imide groups is 1. The molecule has 3 aromatic rings. The van der Waals surface area contributed by atoms with Gasteiger partial charge in [0.2, 0.25) is 11.8 Å². The quantitative estimate of drug-likeness (QED) is 0.556. The Morgan fingerprint density at radius 2 is 1.94 bits per heavy atom. The van der Waals surface area contributed by atoms with Gasteiger partial charge < -0.3 is 9.64 Å². The highest BCUT2D eigenvalue weighted by Gasteiger charge is 2.39. The minimum absolute atomic E-state index is 0.0148. The molecule has 2 atom stereocenters. The summed E-state index contributed by atoms with van der Waals surface area (Å²) in [7, 11) is 0. The molecule has 0 aliphatic carbocycles. The molecular formula is C27H25FN4O4. The highest BCUT2D eigenvalue weighted by atomic mass is 19.1. The van der Waals surface area contributed by atoms with Crippen molar-refractivity contribution < 1.29 is 23.5 Å². The number of rotatable bonds is 5. The summed E-state index contributed by atoms with van der Waals surface area (Å²) in [6.45, 7) is 2.64. The van der Waals surface area contributed by atoms with Crippen LogP contribution in [0.2, 0.25) is 0 Å². The molecule has 0 bridgehead atoms. The number of likely N-dealkylation sites (tertiary alicyclic amines) is 1. The molecule has 9 heteroatoms. The van der Waals surface area contributed by atoms with Crippen LogP contribution in [0, 0.1) is 5.82 Å². The van der Waals surface area contributed by atoms with Crippen LogP contribution in [-0.4, -0.2) is 57.7 Å². The first-order valence-corrected chi connectivity index (χ1v) is 12.1. The summed E-state index contributed by atoms with van der Waals surface area (Å²) in [5, 5.41) is 4.08. The van der Waals surface area contributed by atoms with Crippen LogP contribution in [0.5, 0.6) is 5.75 Å². The summed E-state index contributed by atoms with van der Waals surface area (Å²) in [4.78, 5) is 44.9. The van der Waals surface area contributed by atoms with Crippen LogP contribution in [0.3, 0.4) is 0 Å². The Kier molecular flexibility index (Phi) is 5.64. The van der Waals surface area contributed by atoms with E-state index in [0.29, 0.717) is 30.8 Å². The van der Waals surface area contributed by atoms with Crippen molar-refractivity contribution >= 4 is 28.5 Å². The topological polar surface area (TPSA) is 91.8 Å². The van der Waals surface area contributed by atoms with Crippen LogP contribution in [0.1, 0.15) is 40.9 Å². The maximum absolute atomic E-state index is 13.4. The largest absolute Gasteiger partial charge is 0.489 e. The highest BCUT2D eigenvalue weighted by molar-refractivity contribution is 6.05. The lowest BCUT2D eigenvalue weighted by Crippen LogP contribution is -2.52. The molecule has 0 radical (unpaired) electrons. The number of amides is 3. The zero-order valence-electron chi connectivity index (χ0n) is 19.6. The average molecular weight is 489 g/mol. The van der Waals surface area contributed by atoms with Crippen LogP contribution < -0.4 is 10.1 Å². The Balaban J connectivity index is 1.08. The third-order valence-corrected chi connectivity index (χ3v) is 7.15. The monoisotopic (exact) mass is 488 g/mol. The first-order valence-electron chi connectivity index (χ1n) is 12.1. The van der Waals surface area contributed by atoms with Gasteiger partial charge >= 0.3 is 0 Å². The highest BCUT2D eigenvalue weighted by Crippen LogP contribution is 2.31. The number of aromatic nitrogens is 1. The second kappa shape index (κ2) is 8.98. The number of fused-ring (bicyclic) bond motifs is 2. The number of ether oxygens (including phenoxy) is 1. The molecule has 184 valence electrons. The minimum Gasteiger partial charge on any atom is -0.489 e. The van der Waals surface area contributed by atoms with E-state index in [2.05, 4.69) is 15.2 Å². The number of halogens is 1. The summed E-state index contributed by atoms with van der Waals surface area (Å²) >= 11 is 0. The molecule has 8 nitrogen and oxygen atoms in total. The number of nitrogens with one attached hydrogen (secondary N) is 1. The Morgan fingerprint density at radius 3 is 2.81 bits per heavy atom. The Labute approximate surface area is 207 Å². The summed E-state index contributed by atoms with van der Waals surface area (Å²) in [6.07, 6.45) is 3.17. The molecule has 3 aliphatic heterocycles.